The predicted molar refractivity (Wildman–Crippen MR) is 82.4 cm³/mol. The maximum atomic E-state index is 12.2. The lowest BCUT2D eigenvalue weighted by atomic mass is 10.1. The summed E-state index contributed by atoms with van der Waals surface area (Å²) in [5, 5.41) is 3.91. The fraction of sp³-hybridized carbons (Fsp3) is 0.188. The van der Waals surface area contributed by atoms with Gasteiger partial charge < -0.3 is 5.32 Å². The number of carbonyl (C=O) groups is 1. The van der Waals surface area contributed by atoms with Crippen LogP contribution < -0.4 is 5.32 Å². The van der Waals surface area contributed by atoms with Crippen LogP contribution in [0.2, 0.25) is 10.0 Å². The Bertz CT molecular complexity index is 642. The van der Waals surface area contributed by atoms with E-state index in [1.54, 1.807) is 18.2 Å². The van der Waals surface area contributed by atoms with Gasteiger partial charge >= 0.3 is 0 Å². The van der Waals surface area contributed by atoms with E-state index in [0.717, 1.165) is 6.42 Å². The first-order valence-corrected chi connectivity index (χ1v) is 7.21. The van der Waals surface area contributed by atoms with Gasteiger partial charge in [0.15, 0.2) is 0 Å². The van der Waals surface area contributed by atoms with E-state index in [1.165, 1.54) is 5.56 Å². The summed E-state index contributed by atoms with van der Waals surface area (Å²) in [5.74, 6) is 0.338. The third-order valence-corrected chi connectivity index (χ3v) is 4.11. The first-order valence-electron chi connectivity index (χ1n) is 6.46. The maximum absolute atomic E-state index is 12.2. The minimum Gasteiger partial charge on any atom is -0.324 e. The Morgan fingerprint density at radius 2 is 1.85 bits per heavy atom. The van der Waals surface area contributed by atoms with Crippen LogP contribution in [0.25, 0.3) is 0 Å². The van der Waals surface area contributed by atoms with Crippen molar-refractivity contribution in [1.29, 1.82) is 0 Å². The molecular weight excluding hydrogens is 293 g/mol. The van der Waals surface area contributed by atoms with Crippen LogP contribution in [0.3, 0.4) is 0 Å². The molecule has 1 aliphatic rings. The van der Waals surface area contributed by atoms with E-state index in [9.17, 15) is 4.79 Å². The predicted octanol–water partition coefficient (Wildman–Crippen LogP) is 4.74. The molecule has 102 valence electrons. The van der Waals surface area contributed by atoms with Crippen molar-refractivity contribution in [3.8, 4) is 0 Å². The van der Waals surface area contributed by atoms with Crippen molar-refractivity contribution < 1.29 is 4.79 Å². The van der Waals surface area contributed by atoms with Gasteiger partial charge in [0, 0.05) is 10.9 Å². The van der Waals surface area contributed by atoms with Crippen LogP contribution in [0.4, 0.5) is 5.69 Å². The van der Waals surface area contributed by atoms with Gasteiger partial charge in [-0.05, 0) is 36.1 Å². The second kappa shape index (κ2) is 5.47. The van der Waals surface area contributed by atoms with Crippen molar-refractivity contribution in [3.63, 3.8) is 0 Å². The standard InChI is InChI=1S/C16H13Cl2NO/c17-11-6-7-14(18)15(8-11)19-16(20)13-9-12(13)10-4-2-1-3-5-10/h1-8,12-13H,9H2,(H,19,20)/t12-,13-/m1/s1. The lowest BCUT2D eigenvalue weighted by molar-refractivity contribution is -0.117. The number of amides is 1. The highest BCUT2D eigenvalue weighted by Gasteiger charge is 2.43. The second-order valence-corrected chi connectivity index (χ2v) is 5.82. The van der Waals surface area contributed by atoms with Crippen LogP contribution in [0.5, 0.6) is 0 Å². The molecule has 0 saturated heterocycles. The Kier molecular flexibility index (Phi) is 3.68. The van der Waals surface area contributed by atoms with Crippen molar-refractivity contribution in [1.82, 2.24) is 0 Å². The van der Waals surface area contributed by atoms with E-state index in [0.29, 0.717) is 21.7 Å². The summed E-state index contributed by atoms with van der Waals surface area (Å²) >= 11 is 12.0. The van der Waals surface area contributed by atoms with E-state index in [4.69, 9.17) is 23.2 Å². The van der Waals surface area contributed by atoms with Crippen LogP contribution in [-0.4, -0.2) is 5.91 Å². The Labute approximate surface area is 127 Å². The van der Waals surface area contributed by atoms with E-state index >= 15 is 0 Å². The van der Waals surface area contributed by atoms with Gasteiger partial charge in [-0.25, -0.2) is 0 Å². The molecule has 2 aromatic rings. The minimum atomic E-state index is 0.00280. The molecule has 0 bridgehead atoms. The van der Waals surface area contributed by atoms with Gasteiger partial charge in [-0.15, -0.1) is 0 Å². The van der Waals surface area contributed by atoms with Gasteiger partial charge in [-0.3, -0.25) is 4.79 Å². The molecule has 0 radical (unpaired) electrons. The molecule has 1 amide bonds. The van der Waals surface area contributed by atoms with Crippen molar-refractivity contribution in [2.75, 3.05) is 5.32 Å². The zero-order valence-corrected chi connectivity index (χ0v) is 12.2. The normalized spacial score (nSPS) is 20.5. The lowest BCUT2D eigenvalue weighted by Crippen LogP contribution is -2.14. The maximum Gasteiger partial charge on any atom is 0.228 e. The Hall–Kier alpha value is -1.51. The average molecular weight is 306 g/mol. The highest BCUT2D eigenvalue weighted by molar-refractivity contribution is 6.35. The number of carbonyl (C=O) groups excluding carboxylic acids is 1. The summed E-state index contributed by atoms with van der Waals surface area (Å²) in [7, 11) is 0. The molecule has 1 N–H and O–H groups in total. The molecule has 1 aliphatic carbocycles. The molecule has 2 atom stereocenters. The number of nitrogens with one attached hydrogen (secondary N) is 1. The topological polar surface area (TPSA) is 29.1 Å². The molecule has 2 nitrogen and oxygen atoms in total. The van der Waals surface area contributed by atoms with E-state index in [1.807, 2.05) is 18.2 Å². The number of hydrogen-bond acceptors (Lipinski definition) is 1. The molecule has 4 heteroatoms. The number of hydrogen-bond donors (Lipinski definition) is 1. The third kappa shape index (κ3) is 2.82. The smallest absolute Gasteiger partial charge is 0.228 e. The molecule has 2 aromatic carbocycles. The van der Waals surface area contributed by atoms with Gasteiger partial charge in [0.25, 0.3) is 0 Å². The average Bonchev–Trinajstić information content (AvgIpc) is 3.24. The second-order valence-electron chi connectivity index (χ2n) is 4.97. The zero-order chi connectivity index (χ0) is 14.1. The van der Waals surface area contributed by atoms with Crippen LogP contribution in [-0.2, 0) is 4.79 Å². The fourth-order valence-corrected chi connectivity index (χ4v) is 2.71. The molecule has 3 rings (SSSR count). The Morgan fingerprint density at radius 3 is 2.60 bits per heavy atom. The number of anilines is 1. The summed E-state index contributed by atoms with van der Waals surface area (Å²) < 4.78 is 0. The molecule has 20 heavy (non-hydrogen) atoms. The molecule has 0 heterocycles. The van der Waals surface area contributed by atoms with Gasteiger partial charge in [0.2, 0.25) is 5.91 Å². The largest absolute Gasteiger partial charge is 0.324 e. The minimum absolute atomic E-state index is 0.00280. The summed E-state index contributed by atoms with van der Waals surface area (Å²) in [5.41, 5.74) is 1.78. The van der Waals surface area contributed by atoms with Crippen LogP contribution in [0.15, 0.2) is 48.5 Å². The molecule has 1 saturated carbocycles. The van der Waals surface area contributed by atoms with Gasteiger partial charge in [0.05, 0.1) is 10.7 Å². The van der Waals surface area contributed by atoms with Gasteiger partial charge in [-0.2, -0.15) is 0 Å². The summed E-state index contributed by atoms with van der Waals surface area (Å²) in [6.07, 6.45) is 0.883. The molecule has 1 fully saturated rings. The number of halogens is 2. The molecular formula is C16H13Cl2NO. The number of rotatable bonds is 3. The van der Waals surface area contributed by atoms with Crippen LogP contribution in [0.1, 0.15) is 17.9 Å². The van der Waals surface area contributed by atoms with Crippen molar-refractivity contribution in [3.05, 3.63) is 64.1 Å². The summed E-state index contributed by atoms with van der Waals surface area (Å²) in [6, 6.07) is 15.1. The van der Waals surface area contributed by atoms with Gasteiger partial charge in [0.1, 0.15) is 0 Å². The highest BCUT2D eigenvalue weighted by atomic mass is 35.5. The summed E-state index contributed by atoms with van der Waals surface area (Å²) in [4.78, 5) is 12.2. The molecule has 0 spiro atoms. The highest BCUT2D eigenvalue weighted by Crippen LogP contribution is 2.48. The quantitative estimate of drug-likeness (QED) is 0.872. The Morgan fingerprint density at radius 1 is 1.10 bits per heavy atom. The van der Waals surface area contributed by atoms with Gasteiger partial charge in [-0.1, -0.05) is 53.5 Å². The monoisotopic (exact) mass is 305 g/mol. The zero-order valence-electron chi connectivity index (χ0n) is 10.6. The third-order valence-electron chi connectivity index (χ3n) is 3.54. The lowest BCUT2D eigenvalue weighted by Gasteiger charge is -2.07. The van der Waals surface area contributed by atoms with Crippen molar-refractivity contribution >= 4 is 34.8 Å². The van der Waals surface area contributed by atoms with Crippen LogP contribution >= 0.6 is 23.2 Å². The number of benzene rings is 2. The molecule has 0 unspecified atom stereocenters. The van der Waals surface area contributed by atoms with E-state index in [-0.39, 0.29) is 11.8 Å². The van der Waals surface area contributed by atoms with Crippen molar-refractivity contribution in [2.45, 2.75) is 12.3 Å². The molecule has 0 aliphatic heterocycles. The molecule has 0 aromatic heterocycles. The van der Waals surface area contributed by atoms with E-state index in [2.05, 4.69) is 17.4 Å². The SMILES string of the molecule is O=C(Nc1cc(Cl)ccc1Cl)[C@@H]1C[C@@H]1c1ccccc1. The first kappa shape index (κ1) is 13.5. The summed E-state index contributed by atoms with van der Waals surface area (Å²) in [6.45, 7) is 0. The first-order chi connectivity index (χ1) is 9.65. The van der Waals surface area contributed by atoms with E-state index < -0.39 is 0 Å². The van der Waals surface area contributed by atoms with Crippen molar-refractivity contribution in [2.24, 2.45) is 5.92 Å². The van der Waals surface area contributed by atoms with Crippen LogP contribution in [0, 0.1) is 5.92 Å². The fourth-order valence-electron chi connectivity index (χ4n) is 2.37. The Balaban J connectivity index is 1.68.